The Morgan fingerprint density at radius 3 is 1.67 bits per heavy atom. The Morgan fingerprint density at radius 2 is 1.42 bits per heavy atom. The molecule has 6 heteroatoms. The summed E-state index contributed by atoms with van der Waals surface area (Å²) in [6.07, 6.45) is 0. The molecule has 60 valence electrons. The average molecular weight is 164 g/mol. The van der Waals surface area contributed by atoms with Gasteiger partial charge in [-0.2, -0.15) is 0 Å². The first-order valence-corrected chi connectivity index (χ1v) is 3.28. The molecule has 0 aliphatic heterocycles. The molecule has 12 heavy (non-hydrogen) atoms. The zero-order valence-electron chi connectivity index (χ0n) is 6.61. The van der Waals surface area contributed by atoms with E-state index in [4.69, 9.17) is 15.1 Å². The summed E-state index contributed by atoms with van der Waals surface area (Å²) in [5.41, 5.74) is 0. The summed E-state index contributed by atoms with van der Waals surface area (Å²) in [5, 5.41) is 21.5. The van der Waals surface area contributed by atoms with Crippen LogP contribution in [0.1, 0.15) is 0 Å². The Hall–Kier alpha value is -0.308. The molecular formula is C6H7BFLiO3. The van der Waals surface area contributed by atoms with E-state index in [9.17, 15) is 4.39 Å². The van der Waals surface area contributed by atoms with Crippen LogP contribution in [0, 0.1) is 5.82 Å². The van der Waals surface area contributed by atoms with Gasteiger partial charge in [-0.1, -0.05) is 0 Å². The number of halogens is 1. The van der Waals surface area contributed by atoms with Crippen LogP contribution < -0.4 is 4.24 Å². The Labute approximate surface area is 79.2 Å². The van der Waals surface area contributed by atoms with Gasteiger partial charge in [0, 0.05) is 0 Å². The standard InChI is InChI=1S/C6H4F.BH3O3.Li/c7-6-4-2-1-3-5-6;2-1(3)4;/h2-5H;2-4H;. The molecule has 0 amide bonds. The number of rotatable bonds is 0. The molecule has 0 radical (unpaired) electrons. The van der Waals surface area contributed by atoms with E-state index < -0.39 is 7.32 Å². The van der Waals surface area contributed by atoms with Gasteiger partial charge in [0.2, 0.25) is 0 Å². The Bertz CT molecular complexity index is 193. The monoisotopic (exact) mass is 164 g/mol. The third-order valence-corrected chi connectivity index (χ3v) is 1.01. The van der Waals surface area contributed by atoms with E-state index in [1.54, 1.807) is 12.1 Å². The van der Waals surface area contributed by atoms with Crippen LogP contribution in [0.2, 0.25) is 0 Å². The number of hydrogen-bond acceptors (Lipinski definition) is 3. The summed E-state index contributed by atoms with van der Waals surface area (Å²) in [4.78, 5) is 0. The van der Waals surface area contributed by atoms with Crippen LogP contribution in [-0.4, -0.2) is 40.1 Å². The molecule has 0 saturated carbocycles. The van der Waals surface area contributed by atoms with Crippen LogP contribution in [0.3, 0.4) is 0 Å². The van der Waals surface area contributed by atoms with Crippen molar-refractivity contribution in [2.24, 2.45) is 0 Å². The molecule has 0 spiro atoms. The molecule has 3 nitrogen and oxygen atoms in total. The van der Waals surface area contributed by atoms with Gasteiger partial charge >= 0.3 is 63.7 Å². The SMILES string of the molecule is OB(O)O.[Li][c]1ccc(F)cc1. The second kappa shape index (κ2) is 6.24. The van der Waals surface area contributed by atoms with Crippen molar-refractivity contribution < 1.29 is 19.5 Å². The van der Waals surface area contributed by atoms with Gasteiger partial charge in [0.15, 0.2) is 0 Å². The van der Waals surface area contributed by atoms with Crippen molar-refractivity contribution in [3.8, 4) is 0 Å². The second-order valence-corrected chi connectivity index (χ2v) is 2.14. The van der Waals surface area contributed by atoms with Gasteiger partial charge in [0.25, 0.3) is 0 Å². The third-order valence-electron chi connectivity index (χ3n) is 1.01. The summed E-state index contributed by atoms with van der Waals surface area (Å²) in [7, 11) is -2.17. The van der Waals surface area contributed by atoms with Gasteiger partial charge in [0.05, 0.1) is 0 Å². The first kappa shape index (κ1) is 11.7. The first-order chi connectivity index (χ1) is 5.52. The van der Waals surface area contributed by atoms with Crippen molar-refractivity contribution in [3.05, 3.63) is 30.1 Å². The van der Waals surface area contributed by atoms with Crippen molar-refractivity contribution in [3.63, 3.8) is 0 Å². The molecule has 0 heterocycles. The molecule has 0 aromatic heterocycles. The molecule has 1 rings (SSSR count). The predicted octanol–water partition coefficient (Wildman–Crippen LogP) is -1.43. The summed E-state index contributed by atoms with van der Waals surface area (Å²) in [5.74, 6) is -0.171. The van der Waals surface area contributed by atoms with Crippen LogP contribution in [0.25, 0.3) is 0 Å². The van der Waals surface area contributed by atoms with Gasteiger partial charge in [-0.25, -0.2) is 0 Å². The van der Waals surface area contributed by atoms with E-state index >= 15 is 0 Å². The Balaban J connectivity index is 0.000000261. The molecule has 0 aliphatic carbocycles. The van der Waals surface area contributed by atoms with Gasteiger partial charge in [-0.3, -0.25) is 0 Å². The van der Waals surface area contributed by atoms with Gasteiger partial charge in [-0.05, 0) is 0 Å². The summed E-state index contributed by atoms with van der Waals surface area (Å²) in [6, 6.07) is 6.40. The third kappa shape index (κ3) is 7.80. The molecule has 0 fully saturated rings. The maximum atomic E-state index is 12.1. The van der Waals surface area contributed by atoms with Crippen molar-refractivity contribution >= 4 is 29.3 Å². The summed E-state index contributed by atoms with van der Waals surface area (Å²) in [6.45, 7) is 0. The molecule has 1 aromatic carbocycles. The fraction of sp³-hybridized carbons (Fsp3) is 0. The molecular weight excluding hydrogens is 157 g/mol. The fourth-order valence-electron chi connectivity index (χ4n) is 0.533. The minimum absolute atomic E-state index is 0.171. The van der Waals surface area contributed by atoms with Crippen molar-refractivity contribution in [1.29, 1.82) is 0 Å². The quantitative estimate of drug-likeness (QED) is 0.412. The minimum atomic E-state index is -2.17. The van der Waals surface area contributed by atoms with Crippen molar-refractivity contribution in [2.75, 3.05) is 0 Å². The molecule has 3 N–H and O–H groups in total. The van der Waals surface area contributed by atoms with Crippen molar-refractivity contribution in [2.45, 2.75) is 0 Å². The number of hydrogen-bond donors (Lipinski definition) is 3. The predicted molar refractivity (Wildman–Crippen MR) is 44.2 cm³/mol. The summed E-state index contributed by atoms with van der Waals surface area (Å²) < 4.78 is 13.2. The van der Waals surface area contributed by atoms with Crippen LogP contribution >= 0.6 is 0 Å². The van der Waals surface area contributed by atoms with E-state index in [2.05, 4.69) is 0 Å². The molecule has 0 aliphatic rings. The Morgan fingerprint density at radius 1 is 1.08 bits per heavy atom. The fourth-order valence-corrected chi connectivity index (χ4v) is 0.533. The normalized spacial score (nSPS) is 8.50. The van der Waals surface area contributed by atoms with Crippen LogP contribution in [0.4, 0.5) is 4.39 Å². The summed E-state index contributed by atoms with van der Waals surface area (Å²) >= 11 is 1.93. The van der Waals surface area contributed by atoms with Gasteiger partial charge < -0.3 is 15.1 Å². The molecule has 0 unspecified atom stereocenters. The first-order valence-electron chi connectivity index (χ1n) is 3.28. The van der Waals surface area contributed by atoms with E-state index in [-0.39, 0.29) is 5.82 Å². The van der Waals surface area contributed by atoms with Gasteiger partial charge in [-0.15, -0.1) is 0 Å². The van der Waals surface area contributed by atoms with E-state index in [0.29, 0.717) is 0 Å². The van der Waals surface area contributed by atoms with E-state index in [1.807, 2.05) is 17.7 Å². The second-order valence-electron chi connectivity index (χ2n) is 2.14. The molecule has 1 aromatic rings. The van der Waals surface area contributed by atoms with E-state index in [0.717, 1.165) is 4.24 Å². The molecule has 0 saturated heterocycles. The van der Waals surface area contributed by atoms with Crippen LogP contribution in [0.5, 0.6) is 0 Å². The Kier molecular flexibility index (Phi) is 6.08. The van der Waals surface area contributed by atoms with E-state index in [1.165, 1.54) is 12.1 Å². The van der Waals surface area contributed by atoms with Crippen LogP contribution in [-0.2, 0) is 0 Å². The average Bonchev–Trinajstić information content (AvgIpc) is 1.94. The maximum absolute atomic E-state index is 12.1. The van der Waals surface area contributed by atoms with Gasteiger partial charge in [0.1, 0.15) is 0 Å². The van der Waals surface area contributed by atoms with Crippen molar-refractivity contribution in [1.82, 2.24) is 0 Å². The molecule has 0 atom stereocenters. The van der Waals surface area contributed by atoms with Crippen LogP contribution in [0.15, 0.2) is 24.3 Å². The topological polar surface area (TPSA) is 60.7 Å². The zero-order valence-corrected chi connectivity index (χ0v) is 6.61. The number of benzene rings is 1. The zero-order chi connectivity index (χ0) is 9.56. The molecule has 0 bridgehead atoms.